The number of nitrogens with zero attached hydrogens (tertiary/aromatic N) is 2. The minimum Gasteiger partial charge on any atom is -0.352 e. The summed E-state index contributed by atoms with van der Waals surface area (Å²) in [5.74, 6) is -0.478. The summed E-state index contributed by atoms with van der Waals surface area (Å²) in [5, 5.41) is 3.33. The number of primary amides is 1. The van der Waals surface area contributed by atoms with Crippen LogP contribution in [0.5, 0.6) is 0 Å². The minimum absolute atomic E-state index is 0.117. The first-order valence-electron chi connectivity index (χ1n) is 7.58. The fourth-order valence-electron chi connectivity index (χ4n) is 2.31. The lowest BCUT2D eigenvalue weighted by Crippen LogP contribution is -2.29. The lowest BCUT2D eigenvalue weighted by molar-refractivity contribution is 0.248. The summed E-state index contributed by atoms with van der Waals surface area (Å²) in [6, 6.07) is 2.78. The summed E-state index contributed by atoms with van der Waals surface area (Å²) < 4.78 is 28.8. The lowest BCUT2D eigenvalue weighted by Gasteiger charge is -2.11. The van der Waals surface area contributed by atoms with Crippen molar-refractivity contribution >= 4 is 17.8 Å². The number of hydrogen-bond acceptors (Lipinski definition) is 3. The van der Waals surface area contributed by atoms with E-state index >= 15 is 0 Å². The molecule has 1 heterocycles. The van der Waals surface area contributed by atoms with Crippen LogP contribution in [-0.4, -0.2) is 15.6 Å². The summed E-state index contributed by atoms with van der Waals surface area (Å²) in [4.78, 5) is 16.0. The third-order valence-corrected chi connectivity index (χ3v) is 4.45. The van der Waals surface area contributed by atoms with Crippen molar-refractivity contribution in [3.63, 3.8) is 0 Å². The van der Waals surface area contributed by atoms with E-state index < -0.39 is 17.7 Å². The van der Waals surface area contributed by atoms with Crippen LogP contribution in [0.3, 0.4) is 0 Å². The zero-order chi connectivity index (χ0) is 17.9. The first-order valence-corrected chi connectivity index (χ1v) is 8.40. The molecule has 0 aliphatic heterocycles. The van der Waals surface area contributed by atoms with Gasteiger partial charge < -0.3 is 15.6 Å². The maximum absolute atomic E-state index is 13.4. The standard InChI is InChI=1S/C16H20F2N4OS/c1-4-22-13(8-20-16(19)23)21-14(9(2)3)15(22)24-12-6-10(17)5-11(18)7-12/h5-7,9H,4,8H2,1-3H3,(H3,19,20,23). The number of urea groups is 1. The summed E-state index contributed by atoms with van der Waals surface area (Å²) in [6.07, 6.45) is 0. The van der Waals surface area contributed by atoms with Crippen molar-refractivity contribution < 1.29 is 13.6 Å². The van der Waals surface area contributed by atoms with Crippen molar-refractivity contribution in [2.75, 3.05) is 0 Å². The number of aromatic nitrogens is 2. The van der Waals surface area contributed by atoms with Gasteiger partial charge in [-0.25, -0.2) is 18.6 Å². The van der Waals surface area contributed by atoms with E-state index in [1.165, 1.54) is 23.9 Å². The fraction of sp³-hybridized carbons (Fsp3) is 0.375. The van der Waals surface area contributed by atoms with Gasteiger partial charge in [0.05, 0.1) is 12.2 Å². The van der Waals surface area contributed by atoms with Crippen molar-refractivity contribution in [1.29, 1.82) is 0 Å². The molecule has 0 aliphatic rings. The minimum atomic E-state index is -0.631. The molecule has 2 aromatic rings. The molecule has 0 radical (unpaired) electrons. The average molecular weight is 354 g/mol. The molecule has 1 aromatic heterocycles. The van der Waals surface area contributed by atoms with Crippen LogP contribution in [0.4, 0.5) is 13.6 Å². The Hall–Kier alpha value is -2.09. The summed E-state index contributed by atoms with van der Waals surface area (Å²) >= 11 is 1.25. The molecule has 2 amide bonds. The normalized spacial score (nSPS) is 11.1. The highest BCUT2D eigenvalue weighted by Crippen LogP contribution is 2.35. The molecular formula is C16H20F2N4OS. The van der Waals surface area contributed by atoms with E-state index in [2.05, 4.69) is 10.3 Å². The average Bonchev–Trinajstić information content (AvgIpc) is 2.81. The molecule has 2 rings (SSSR count). The van der Waals surface area contributed by atoms with Crippen molar-refractivity contribution in [3.8, 4) is 0 Å². The molecule has 0 spiro atoms. The van der Waals surface area contributed by atoms with Gasteiger partial charge in [0, 0.05) is 17.5 Å². The third-order valence-electron chi connectivity index (χ3n) is 3.36. The number of rotatable bonds is 6. The second kappa shape index (κ2) is 7.65. The number of carbonyl (C=O) groups excluding carboxylic acids is 1. The Morgan fingerprint density at radius 1 is 1.33 bits per heavy atom. The number of imidazole rings is 1. The van der Waals surface area contributed by atoms with Crippen LogP contribution >= 0.6 is 11.8 Å². The summed E-state index contributed by atoms with van der Waals surface area (Å²) in [6.45, 7) is 6.72. The molecule has 0 saturated carbocycles. The van der Waals surface area contributed by atoms with Gasteiger partial charge in [0.2, 0.25) is 0 Å². The largest absolute Gasteiger partial charge is 0.352 e. The Morgan fingerprint density at radius 3 is 2.46 bits per heavy atom. The van der Waals surface area contributed by atoms with Gasteiger partial charge in [-0.15, -0.1) is 0 Å². The molecule has 3 N–H and O–H groups in total. The highest BCUT2D eigenvalue weighted by atomic mass is 32.2. The number of carbonyl (C=O) groups is 1. The van der Waals surface area contributed by atoms with Crippen LogP contribution in [0.2, 0.25) is 0 Å². The zero-order valence-corrected chi connectivity index (χ0v) is 14.6. The monoisotopic (exact) mass is 354 g/mol. The summed E-state index contributed by atoms with van der Waals surface area (Å²) in [7, 11) is 0. The van der Waals surface area contributed by atoms with Gasteiger partial charge in [-0.05, 0) is 25.0 Å². The predicted octanol–water partition coefficient (Wildman–Crippen LogP) is 3.62. The number of nitrogens with one attached hydrogen (secondary N) is 1. The lowest BCUT2D eigenvalue weighted by atomic mass is 10.1. The highest BCUT2D eigenvalue weighted by molar-refractivity contribution is 7.99. The highest BCUT2D eigenvalue weighted by Gasteiger charge is 2.20. The molecule has 0 aliphatic carbocycles. The van der Waals surface area contributed by atoms with Crippen LogP contribution in [0.1, 0.15) is 38.2 Å². The van der Waals surface area contributed by atoms with Crippen LogP contribution in [-0.2, 0) is 13.1 Å². The van der Waals surface area contributed by atoms with E-state index in [1.807, 2.05) is 25.3 Å². The molecule has 0 bridgehead atoms. The van der Waals surface area contributed by atoms with E-state index in [0.717, 1.165) is 16.8 Å². The van der Waals surface area contributed by atoms with Crippen LogP contribution in [0.25, 0.3) is 0 Å². The van der Waals surface area contributed by atoms with Gasteiger partial charge in [0.15, 0.2) is 0 Å². The Bertz CT molecular complexity index is 726. The van der Waals surface area contributed by atoms with Gasteiger partial charge in [0.25, 0.3) is 0 Å². The molecule has 130 valence electrons. The molecular weight excluding hydrogens is 334 g/mol. The van der Waals surface area contributed by atoms with Crippen molar-refractivity contribution in [2.45, 2.75) is 49.7 Å². The number of benzene rings is 1. The quantitative estimate of drug-likeness (QED) is 0.832. The molecule has 0 unspecified atom stereocenters. The van der Waals surface area contributed by atoms with Crippen LogP contribution in [0.15, 0.2) is 28.1 Å². The van der Waals surface area contributed by atoms with Crippen molar-refractivity contribution in [3.05, 3.63) is 41.4 Å². The maximum atomic E-state index is 13.4. The Labute approximate surface area is 143 Å². The molecule has 0 saturated heterocycles. The molecule has 1 aromatic carbocycles. The van der Waals surface area contributed by atoms with Gasteiger partial charge in [-0.2, -0.15) is 0 Å². The maximum Gasteiger partial charge on any atom is 0.312 e. The van der Waals surface area contributed by atoms with E-state index in [1.54, 1.807) is 0 Å². The van der Waals surface area contributed by atoms with E-state index in [4.69, 9.17) is 5.73 Å². The predicted molar refractivity (Wildman–Crippen MR) is 88.9 cm³/mol. The SMILES string of the molecule is CCn1c(CNC(N)=O)nc(C(C)C)c1Sc1cc(F)cc(F)c1. The zero-order valence-electron chi connectivity index (χ0n) is 13.8. The second-order valence-corrected chi connectivity index (χ2v) is 6.60. The molecule has 5 nitrogen and oxygen atoms in total. The van der Waals surface area contributed by atoms with E-state index in [9.17, 15) is 13.6 Å². The molecule has 0 fully saturated rings. The van der Waals surface area contributed by atoms with Crippen molar-refractivity contribution in [2.24, 2.45) is 5.73 Å². The number of hydrogen-bond donors (Lipinski definition) is 2. The van der Waals surface area contributed by atoms with Gasteiger partial charge in [0.1, 0.15) is 22.5 Å². The van der Waals surface area contributed by atoms with Crippen molar-refractivity contribution in [1.82, 2.24) is 14.9 Å². The Morgan fingerprint density at radius 2 is 1.96 bits per heavy atom. The topological polar surface area (TPSA) is 72.9 Å². The van der Waals surface area contributed by atoms with Crippen LogP contribution in [0, 0.1) is 11.6 Å². The smallest absolute Gasteiger partial charge is 0.312 e. The first-order chi connectivity index (χ1) is 11.3. The fourth-order valence-corrected chi connectivity index (χ4v) is 3.61. The van der Waals surface area contributed by atoms with Gasteiger partial charge >= 0.3 is 6.03 Å². The first kappa shape index (κ1) is 18.3. The second-order valence-electron chi connectivity index (χ2n) is 5.54. The van der Waals surface area contributed by atoms with E-state index in [-0.39, 0.29) is 12.5 Å². The number of nitrogens with two attached hydrogens (primary N) is 1. The molecule has 8 heteroatoms. The molecule has 24 heavy (non-hydrogen) atoms. The van der Waals surface area contributed by atoms with Crippen LogP contribution < -0.4 is 11.1 Å². The molecule has 0 atom stereocenters. The number of amides is 2. The number of halogens is 2. The van der Waals surface area contributed by atoms with Gasteiger partial charge in [-0.3, -0.25) is 0 Å². The Kier molecular flexibility index (Phi) is 5.82. The summed E-state index contributed by atoms with van der Waals surface area (Å²) in [5.41, 5.74) is 5.93. The van der Waals surface area contributed by atoms with E-state index in [0.29, 0.717) is 17.3 Å². The van der Waals surface area contributed by atoms with Gasteiger partial charge in [-0.1, -0.05) is 25.6 Å². The third kappa shape index (κ3) is 4.25. The Balaban J connectivity index is 2.43.